The molecule has 10 heteroatoms. The number of benzene rings is 1. The van der Waals surface area contributed by atoms with Crippen molar-refractivity contribution in [2.24, 2.45) is 0 Å². The normalized spacial score (nSPS) is 10.3. The SMILES string of the molecule is Cc1nc(NC(=O)COC(=O)COc2ccc(F)cc2Br)c(Cl)cc1Cl. The molecule has 0 aliphatic rings. The summed E-state index contributed by atoms with van der Waals surface area (Å²) in [6, 6.07) is 5.18. The van der Waals surface area contributed by atoms with Gasteiger partial charge in [-0.1, -0.05) is 23.2 Å². The summed E-state index contributed by atoms with van der Waals surface area (Å²) in [6.45, 7) is 0.655. The van der Waals surface area contributed by atoms with E-state index < -0.39 is 30.9 Å². The zero-order valence-electron chi connectivity index (χ0n) is 13.3. The molecule has 0 fully saturated rings. The second kappa shape index (κ2) is 9.16. The van der Waals surface area contributed by atoms with Crippen LogP contribution in [0.5, 0.6) is 5.75 Å². The van der Waals surface area contributed by atoms with E-state index in [9.17, 15) is 14.0 Å². The highest BCUT2D eigenvalue weighted by Crippen LogP contribution is 2.26. The molecule has 0 unspecified atom stereocenters. The van der Waals surface area contributed by atoms with E-state index in [-0.39, 0.29) is 16.6 Å². The van der Waals surface area contributed by atoms with Crippen molar-refractivity contribution in [3.8, 4) is 5.75 Å². The fraction of sp³-hybridized carbons (Fsp3) is 0.188. The number of ether oxygens (including phenoxy) is 2. The molecule has 2 aromatic rings. The number of amides is 1. The van der Waals surface area contributed by atoms with Crippen LogP contribution < -0.4 is 10.1 Å². The number of aryl methyl sites for hydroxylation is 1. The Bertz CT molecular complexity index is 851. The van der Waals surface area contributed by atoms with Crippen molar-refractivity contribution in [1.82, 2.24) is 4.98 Å². The predicted molar refractivity (Wildman–Crippen MR) is 98.2 cm³/mol. The molecule has 0 bridgehead atoms. The molecule has 0 spiro atoms. The Kier molecular flexibility index (Phi) is 7.19. The molecule has 0 aliphatic heterocycles. The van der Waals surface area contributed by atoms with Crippen LogP contribution in [0.1, 0.15) is 5.69 Å². The molecule has 1 heterocycles. The smallest absolute Gasteiger partial charge is 0.344 e. The number of halogens is 4. The summed E-state index contributed by atoms with van der Waals surface area (Å²) in [7, 11) is 0. The molecule has 0 atom stereocenters. The molecule has 0 radical (unpaired) electrons. The highest BCUT2D eigenvalue weighted by molar-refractivity contribution is 9.10. The van der Waals surface area contributed by atoms with Gasteiger partial charge < -0.3 is 14.8 Å². The first kappa shape index (κ1) is 20.4. The molecule has 0 saturated heterocycles. The molecule has 1 aromatic carbocycles. The monoisotopic (exact) mass is 464 g/mol. The lowest BCUT2D eigenvalue weighted by molar-refractivity contribution is -0.149. The topological polar surface area (TPSA) is 77.5 Å². The van der Waals surface area contributed by atoms with E-state index in [0.717, 1.165) is 0 Å². The standard InChI is InChI=1S/C16H12BrCl2FN2O4/c1-8-11(18)5-12(19)16(21-8)22-14(23)6-26-15(24)7-25-13-3-2-9(20)4-10(13)17/h2-5H,6-7H2,1H3,(H,21,22,23). The van der Waals surface area contributed by atoms with E-state index >= 15 is 0 Å². The average Bonchev–Trinajstić information content (AvgIpc) is 2.57. The number of hydrogen-bond acceptors (Lipinski definition) is 5. The third-order valence-corrected chi connectivity index (χ3v) is 4.26. The largest absolute Gasteiger partial charge is 0.481 e. The number of hydrogen-bond donors (Lipinski definition) is 1. The summed E-state index contributed by atoms with van der Waals surface area (Å²) in [5.41, 5.74) is 0.488. The quantitative estimate of drug-likeness (QED) is 0.648. The van der Waals surface area contributed by atoms with Crippen LogP contribution in [0.2, 0.25) is 10.0 Å². The van der Waals surface area contributed by atoms with Crippen molar-refractivity contribution in [3.63, 3.8) is 0 Å². The van der Waals surface area contributed by atoms with Crippen LogP contribution in [0.3, 0.4) is 0 Å². The van der Waals surface area contributed by atoms with Crippen LogP contribution in [0.4, 0.5) is 10.2 Å². The first-order valence-corrected chi connectivity index (χ1v) is 8.67. The first-order valence-electron chi connectivity index (χ1n) is 7.12. The first-order chi connectivity index (χ1) is 12.3. The lowest BCUT2D eigenvalue weighted by Gasteiger charge is -2.10. The fourth-order valence-corrected chi connectivity index (χ4v) is 2.60. The minimum absolute atomic E-state index is 0.112. The van der Waals surface area contributed by atoms with Gasteiger partial charge in [-0.05, 0) is 47.1 Å². The number of nitrogens with zero attached hydrogens (tertiary/aromatic N) is 1. The van der Waals surface area contributed by atoms with Crippen LogP contribution in [-0.2, 0) is 14.3 Å². The van der Waals surface area contributed by atoms with Gasteiger partial charge in [0.25, 0.3) is 5.91 Å². The summed E-state index contributed by atoms with van der Waals surface area (Å²) >= 11 is 14.9. The van der Waals surface area contributed by atoms with E-state index in [4.69, 9.17) is 32.7 Å². The molecule has 26 heavy (non-hydrogen) atoms. The second-order valence-electron chi connectivity index (χ2n) is 4.96. The number of rotatable bonds is 6. The maximum atomic E-state index is 13.0. The van der Waals surface area contributed by atoms with Gasteiger partial charge in [0.15, 0.2) is 19.0 Å². The fourth-order valence-electron chi connectivity index (χ4n) is 1.73. The van der Waals surface area contributed by atoms with Crippen molar-refractivity contribution < 1.29 is 23.5 Å². The van der Waals surface area contributed by atoms with E-state index in [1.54, 1.807) is 6.92 Å². The van der Waals surface area contributed by atoms with E-state index in [0.29, 0.717) is 15.2 Å². The van der Waals surface area contributed by atoms with Gasteiger partial charge in [0.05, 0.1) is 20.2 Å². The summed E-state index contributed by atoms with van der Waals surface area (Å²) in [5.74, 6) is -1.48. The highest BCUT2D eigenvalue weighted by Gasteiger charge is 2.13. The van der Waals surface area contributed by atoms with Gasteiger partial charge in [-0.25, -0.2) is 14.2 Å². The summed E-state index contributed by atoms with van der Waals surface area (Å²) in [5, 5.41) is 2.94. The Morgan fingerprint density at radius 1 is 1.23 bits per heavy atom. The van der Waals surface area contributed by atoms with Gasteiger partial charge >= 0.3 is 5.97 Å². The van der Waals surface area contributed by atoms with E-state index in [1.807, 2.05) is 0 Å². The van der Waals surface area contributed by atoms with Crippen molar-refractivity contribution in [2.75, 3.05) is 18.5 Å². The molecule has 1 aromatic heterocycles. The van der Waals surface area contributed by atoms with Gasteiger partial charge in [-0.2, -0.15) is 0 Å². The summed E-state index contributed by atoms with van der Waals surface area (Å²) in [6.07, 6.45) is 0. The van der Waals surface area contributed by atoms with E-state index in [2.05, 4.69) is 26.2 Å². The van der Waals surface area contributed by atoms with Crippen molar-refractivity contribution in [1.29, 1.82) is 0 Å². The second-order valence-corrected chi connectivity index (χ2v) is 6.63. The van der Waals surface area contributed by atoms with Crippen LogP contribution in [0.25, 0.3) is 0 Å². The molecular formula is C16H12BrCl2FN2O4. The molecule has 138 valence electrons. The maximum absolute atomic E-state index is 13.0. The zero-order chi connectivity index (χ0) is 19.3. The minimum atomic E-state index is -0.775. The highest BCUT2D eigenvalue weighted by atomic mass is 79.9. The minimum Gasteiger partial charge on any atom is -0.481 e. The Hall–Kier alpha value is -1.90. The maximum Gasteiger partial charge on any atom is 0.344 e. The number of nitrogens with one attached hydrogen (secondary N) is 1. The number of carbonyl (C=O) groups excluding carboxylic acids is 2. The molecular weight excluding hydrogens is 454 g/mol. The predicted octanol–water partition coefficient (Wildman–Crippen LogP) is 4.16. The Morgan fingerprint density at radius 2 is 1.96 bits per heavy atom. The number of anilines is 1. The Morgan fingerprint density at radius 3 is 2.65 bits per heavy atom. The third kappa shape index (κ3) is 5.82. The molecule has 2 rings (SSSR count). The Labute approximate surface area is 166 Å². The lowest BCUT2D eigenvalue weighted by atomic mass is 10.3. The third-order valence-electron chi connectivity index (χ3n) is 2.97. The summed E-state index contributed by atoms with van der Waals surface area (Å²) < 4.78 is 23.3. The van der Waals surface area contributed by atoms with Gasteiger partial charge in [0.1, 0.15) is 11.6 Å². The van der Waals surface area contributed by atoms with Crippen molar-refractivity contribution >= 4 is 56.8 Å². The van der Waals surface area contributed by atoms with Gasteiger partial charge in [0, 0.05) is 0 Å². The van der Waals surface area contributed by atoms with Crippen molar-refractivity contribution in [2.45, 2.75) is 6.92 Å². The molecule has 0 aliphatic carbocycles. The number of carbonyl (C=O) groups is 2. The molecule has 1 N–H and O–H groups in total. The van der Waals surface area contributed by atoms with Crippen LogP contribution in [0, 0.1) is 12.7 Å². The molecule has 0 saturated carbocycles. The van der Waals surface area contributed by atoms with Crippen LogP contribution in [-0.4, -0.2) is 30.1 Å². The average molecular weight is 466 g/mol. The lowest BCUT2D eigenvalue weighted by Crippen LogP contribution is -2.24. The van der Waals surface area contributed by atoms with Gasteiger partial charge in [-0.3, -0.25) is 4.79 Å². The molecule has 6 nitrogen and oxygen atoms in total. The Balaban J connectivity index is 1.81. The zero-order valence-corrected chi connectivity index (χ0v) is 16.4. The number of aromatic nitrogens is 1. The van der Waals surface area contributed by atoms with Crippen LogP contribution >= 0.6 is 39.1 Å². The van der Waals surface area contributed by atoms with Gasteiger partial charge in [-0.15, -0.1) is 0 Å². The number of pyridine rings is 1. The molecule has 1 amide bonds. The van der Waals surface area contributed by atoms with Crippen molar-refractivity contribution in [3.05, 3.63) is 50.3 Å². The van der Waals surface area contributed by atoms with Gasteiger partial charge in [0.2, 0.25) is 0 Å². The van der Waals surface area contributed by atoms with E-state index in [1.165, 1.54) is 24.3 Å². The summed E-state index contributed by atoms with van der Waals surface area (Å²) in [4.78, 5) is 27.5. The number of esters is 1. The van der Waals surface area contributed by atoms with Crippen LogP contribution in [0.15, 0.2) is 28.7 Å².